The predicted molar refractivity (Wildman–Crippen MR) is 184 cm³/mol. The number of para-hydroxylation sites is 1. The second-order valence-corrected chi connectivity index (χ2v) is 12.0. The summed E-state index contributed by atoms with van der Waals surface area (Å²) in [5, 5.41) is 7.18. The third-order valence-corrected chi connectivity index (χ3v) is 9.57. The number of nitrogens with zero attached hydrogens (tertiary/aromatic N) is 1. The molecule has 0 aliphatic heterocycles. The van der Waals surface area contributed by atoms with Gasteiger partial charge in [0.1, 0.15) is 11.2 Å². The van der Waals surface area contributed by atoms with E-state index in [0.29, 0.717) is 0 Å². The highest BCUT2D eigenvalue weighted by atomic mass is 32.1. The molecule has 0 aliphatic rings. The predicted octanol–water partition coefficient (Wildman–Crippen LogP) is 12.2. The van der Waals surface area contributed by atoms with Crippen LogP contribution in [0.25, 0.3) is 64.0 Å². The smallest absolute Gasteiger partial charge is 0.138 e. The van der Waals surface area contributed by atoms with Crippen LogP contribution >= 0.6 is 11.3 Å². The minimum Gasteiger partial charge on any atom is -0.456 e. The number of rotatable bonds is 4. The number of thiophene rings is 1. The van der Waals surface area contributed by atoms with E-state index in [4.69, 9.17) is 4.42 Å². The van der Waals surface area contributed by atoms with Crippen LogP contribution in [0.15, 0.2) is 156 Å². The van der Waals surface area contributed by atoms with Gasteiger partial charge < -0.3 is 9.32 Å². The van der Waals surface area contributed by atoms with Crippen LogP contribution in [0.3, 0.4) is 0 Å². The number of anilines is 3. The molecule has 0 amide bonds. The van der Waals surface area contributed by atoms with E-state index in [0.717, 1.165) is 44.4 Å². The molecule has 0 fully saturated rings. The molecule has 3 heteroatoms. The lowest BCUT2D eigenvalue weighted by atomic mass is 10.00. The first-order valence-electron chi connectivity index (χ1n) is 14.5. The number of hydrogen-bond acceptors (Lipinski definition) is 3. The van der Waals surface area contributed by atoms with Crippen molar-refractivity contribution in [3.8, 4) is 11.1 Å². The first-order valence-corrected chi connectivity index (χ1v) is 15.3. The lowest BCUT2D eigenvalue weighted by molar-refractivity contribution is 0.669. The second-order valence-electron chi connectivity index (χ2n) is 10.9. The summed E-state index contributed by atoms with van der Waals surface area (Å²) in [6.07, 6.45) is 0. The molecule has 2 nitrogen and oxygen atoms in total. The van der Waals surface area contributed by atoms with Crippen molar-refractivity contribution in [2.75, 3.05) is 4.90 Å². The van der Waals surface area contributed by atoms with Gasteiger partial charge in [-0.3, -0.25) is 0 Å². The summed E-state index contributed by atoms with van der Waals surface area (Å²) >= 11 is 1.85. The maximum Gasteiger partial charge on any atom is 0.138 e. The van der Waals surface area contributed by atoms with E-state index in [9.17, 15) is 0 Å². The zero-order valence-electron chi connectivity index (χ0n) is 23.2. The average molecular weight is 568 g/mol. The minimum absolute atomic E-state index is 0.892. The zero-order valence-corrected chi connectivity index (χ0v) is 24.0. The van der Waals surface area contributed by atoms with Gasteiger partial charge in [0.15, 0.2) is 0 Å². The summed E-state index contributed by atoms with van der Waals surface area (Å²) < 4.78 is 9.07. The molecule has 0 saturated carbocycles. The molecular formula is C40H25NOS. The summed E-state index contributed by atoms with van der Waals surface area (Å²) in [4.78, 5) is 2.42. The fourth-order valence-corrected chi connectivity index (χ4v) is 7.59. The molecule has 0 saturated heterocycles. The molecule has 0 spiro atoms. The molecule has 43 heavy (non-hydrogen) atoms. The second kappa shape index (κ2) is 9.59. The molecule has 0 atom stereocenters. The van der Waals surface area contributed by atoms with Gasteiger partial charge in [-0.2, -0.15) is 0 Å². The summed E-state index contributed by atoms with van der Waals surface area (Å²) in [5.74, 6) is 0. The largest absolute Gasteiger partial charge is 0.456 e. The monoisotopic (exact) mass is 567 g/mol. The lowest BCUT2D eigenvalue weighted by Crippen LogP contribution is -2.11. The zero-order chi connectivity index (χ0) is 28.3. The molecular weight excluding hydrogens is 543 g/mol. The highest BCUT2D eigenvalue weighted by Crippen LogP contribution is 2.48. The fraction of sp³-hybridized carbons (Fsp3) is 0. The van der Waals surface area contributed by atoms with E-state index in [1.807, 2.05) is 17.4 Å². The van der Waals surface area contributed by atoms with E-state index >= 15 is 0 Å². The van der Waals surface area contributed by atoms with Crippen LogP contribution in [0.2, 0.25) is 0 Å². The minimum atomic E-state index is 0.892. The Balaban J connectivity index is 1.36. The molecule has 0 radical (unpaired) electrons. The normalized spacial score (nSPS) is 11.7. The number of furan rings is 1. The topological polar surface area (TPSA) is 16.4 Å². The molecule has 9 rings (SSSR count). The molecule has 7 aromatic carbocycles. The van der Waals surface area contributed by atoms with E-state index in [-0.39, 0.29) is 0 Å². The van der Waals surface area contributed by atoms with Crippen molar-refractivity contribution in [3.05, 3.63) is 152 Å². The van der Waals surface area contributed by atoms with Crippen molar-refractivity contribution in [1.29, 1.82) is 0 Å². The van der Waals surface area contributed by atoms with Gasteiger partial charge in [-0.05, 0) is 59.0 Å². The quantitative estimate of drug-likeness (QED) is 0.210. The maximum absolute atomic E-state index is 6.49. The first-order chi connectivity index (χ1) is 21.3. The summed E-state index contributed by atoms with van der Waals surface area (Å²) in [6.45, 7) is 0. The Bertz CT molecular complexity index is 2450. The molecule has 2 heterocycles. The van der Waals surface area contributed by atoms with Gasteiger partial charge in [0.2, 0.25) is 0 Å². The third kappa shape index (κ3) is 3.86. The van der Waals surface area contributed by atoms with Crippen molar-refractivity contribution < 1.29 is 4.42 Å². The summed E-state index contributed by atoms with van der Waals surface area (Å²) in [6, 6.07) is 54.3. The van der Waals surface area contributed by atoms with Gasteiger partial charge in [-0.25, -0.2) is 0 Å². The Kier molecular flexibility index (Phi) is 5.40. The van der Waals surface area contributed by atoms with Crippen molar-refractivity contribution in [1.82, 2.24) is 0 Å². The highest BCUT2D eigenvalue weighted by molar-refractivity contribution is 7.25. The number of hydrogen-bond donors (Lipinski definition) is 0. The van der Waals surface area contributed by atoms with E-state index in [1.54, 1.807) is 0 Å². The SMILES string of the molecule is c1ccc(-c2ccc(N(c3ccc4c(c3)sc3ccccc34)c3c4ccccc4cc4oc5ccccc5c34)cc2)cc1. The van der Waals surface area contributed by atoms with Crippen LogP contribution in [0, 0.1) is 0 Å². The lowest BCUT2D eigenvalue weighted by Gasteiger charge is -2.28. The van der Waals surface area contributed by atoms with Crippen molar-refractivity contribution >= 4 is 81.3 Å². The van der Waals surface area contributed by atoms with E-state index in [1.165, 1.54) is 36.7 Å². The Morgan fingerprint density at radius 2 is 1.09 bits per heavy atom. The van der Waals surface area contributed by atoms with Crippen LogP contribution < -0.4 is 4.90 Å². The Labute approximate surface area is 252 Å². The number of fused-ring (bicyclic) bond motifs is 7. The van der Waals surface area contributed by atoms with E-state index < -0.39 is 0 Å². The molecule has 202 valence electrons. The first kappa shape index (κ1) is 24.2. The van der Waals surface area contributed by atoms with Crippen LogP contribution in [0.5, 0.6) is 0 Å². The van der Waals surface area contributed by atoms with Gasteiger partial charge in [-0.1, -0.05) is 109 Å². The van der Waals surface area contributed by atoms with Crippen molar-refractivity contribution in [2.24, 2.45) is 0 Å². The standard InChI is InChI=1S/C40H25NOS/c1-2-10-26(11-3-1)27-18-20-29(21-19-27)41(30-22-23-33-32-14-7-9-17-37(32)43-38(33)25-30)40-31-13-5-4-12-28(31)24-36-39(40)34-15-6-8-16-35(34)42-36/h1-25H. The van der Waals surface area contributed by atoms with Crippen LogP contribution in [-0.2, 0) is 0 Å². The molecule has 9 aromatic rings. The van der Waals surface area contributed by atoms with Crippen LogP contribution in [0.4, 0.5) is 17.1 Å². The average Bonchev–Trinajstić information content (AvgIpc) is 3.63. The van der Waals surface area contributed by atoms with Gasteiger partial charge >= 0.3 is 0 Å². The van der Waals surface area contributed by atoms with E-state index in [2.05, 4.69) is 150 Å². The fourth-order valence-electron chi connectivity index (χ4n) is 6.45. The Morgan fingerprint density at radius 1 is 0.442 bits per heavy atom. The van der Waals surface area contributed by atoms with Crippen LogP contribution in [0.1, 0.15) is 0 Å². The molecule has 0 bridgehead atoms. The van der Waals surface area contributed by atoms with Gasteiger partial charge in [0.05, 0.1) is 11.1 Å². The molecule has 0 aliphatic carbocycles. The summed E-state index contributed by atoms with van der Waals surface area (Å²) in [5.41, 5.74) is 7.54. The van der Waals surface area contributed by atoms with Gasteiger partial charge in [-0.15, -0.1) is 11.3 Å². The number of benzene rings is 7. The Hall–Kier alpha value is -5.38. The van der Waals surface area contributed by atoms with Gasteiger partial charge in [0.25, 0.3) is 0 Å². The Morgan fingerprint density at radius 3 is 1.95 bits per heavy atom. The molecule has 0 N–H and O–H groups in total. The third-order valence-electron chi connectivity index (χ3n) is 8.44. The van der Waals surface area contributed by atoms with Gasteiger partial charge in [0, 0.05) is 42.3 Å². The van der Waals surface area contributed by atoms with Crippen LogP contribution in [-0.4, -0.2) is 0 Å². The summed E-state index contributed by atoms with van der Waals surface area (Å²) in [7, 11) is 0. The molecule has 0 unspecified atom stereocenters. The van der Waals surface area contributed by atoms with Crippen molar-refractivity contribution in [3.63, 3.8) is 0 Å². The van der Waals surface area contributed by atoms with Crippen molar-refractivity contribution in [2.45, 2.75) is 0 Å². The maximum atomic E-state index is 6.49. The molecule has 2 aromatic heterocycles. The highest BCUT2D eigenvalue weighted by Gasteiger charge is 2.23.